The van der Waals surface area contributed by atoms with Crippen LogP contribution in [0.25, 0.3) is 0 Å². The molecule has 0 fully saturated rings. The first-order valence-corrected chi connectivity index (χ1v) is 7.49. The number of hydrogen-bond donors (Lipinski definition) is 1. The summed E-state index contributed by atoms with van der Waals surface area (Å²) in [7, 11) is 0. The molecule has 0 unspecified atom stereocenters. The quantitative estimate of drug-likeness (QED) is 0.877. The van der Waals surface area contributed by atoms with Gasteiger partial charge in [-0.3, -0.25) is 4.79 Å². The van der Waals surface area contributed by atoms with Gasteiger partial charge in [0.1, 0.15) is 17.2 Å². The van der Waals surface area contributed by atoms with Crippen molar-refractivity contribution in [2.75, 3.05) is 0 Å². The molecule has 1 atom stereocenters. The Hall–Kier alpha value is -2.74. The minimum Gasteiger partial charge on any atom is -0.345 e. The predicted octanol–water partition coefficient (Wildman–Crippen LogP) is 3.49. The van der Waals surface area contributed by atoms with Gasteiger partial charge in [0.05, 0.1) is 6.04 Å². The Morgan fingerprint density at radius 1 is 1.21 bits per heavy atom. The molecule has 0 saturated carbocycles. The second-order valence-corrected chi connectivity index (χ2v) is 5.95. The standard InChI is InChI=1S/C19H18F2N2O/c1-13(19(2,3)21)23-18(24)17-10-9-15(12-22-17)8-7-14-5-4-6-16(20)11-14/h4-6,9-13H,1-3H3,(H,23,24)/t13-/m1/s1. The van der Waals surface area contributed by atoms with Gasteiger partial charge in [-0.1, -0.05) is 17.9 Å². The van der Waals surface area contributed by atoms with E-state index in [9.17, 15) is 13.6 Å². The highest BCUT2D eigenvalue weighted by molar-refractivity contribution is 5.92. The van der Waals surface area contributed by atoms with Crippen molar-refractivity contribution in [2.45, 2.75) is 32.5 Å². The van der Waals surface area contributed by atoms with Crippen molar-refractivity contribution in [1.82, 2.24) is 10.3 Å². The molecule has 1 heterocycles. The number of carbonyl (C=O) groups excluding carboxylic acids is 1. The number of hydrogen-bond acceptors (Lipinski definition) is 2. The second kappa shape index (κ2) is 7.22. The van der Waals surface area contributed by atoms with E-state index >= 15 is 0 Å². The third kappa shape index (κ3) is 4.88. The first-order valence-electron chi connectivity index (χ1n) is 7.49. The number of nitrogens with zero attached hydrogens (tertiary/aromatic N) is 1. The molecule has 1 aromatic carbocycles. The first-order chi connectivity index (χ1) is 11.3. The van der Waals surface area contributed by atoms with Gasteiger partial charge >= 0.3 is 0 Å². The predicted molar refractivity (Wildman–Crippen MR) is 88.7 cm³/mol. The SMILES string of the molecule is C[C@@H](NC(=O)c1ccc(C#Cc2cccc(F)c2)cn1)C(C)(C)F. The molecule has 3 nitrogen and oxygen atoms in total. The van der Waals surface area contributed by atoms with E-state index in [4.69, 9.17) is 0 Å². The van der Waals surface area contributed by atoms with E-state index in [2.05, 4.69) is 22.1 Å². The van der Waals surface area contributed by atoms with Crippen LogP contribution in [-0.4, -0.2) is 22.6 Å². The number of amides is 1. The van der Waals surface area contributed by atoms with E-state index in [1.54, 1.807) is 25.1 Å². The van der Waals surface area contributed by atoms with Gasteiger partial charge in [0.25, 0.3) is 5.91 Å². The molecule has 0 aliphatic heterocycles. The van der Waals surface area contributed by atoms with Gasteiger partial charge < -0.3 is 5.32 Å². The lowest BCUT2D eigenvalue weighted by Crippen LogP contribution is -2.44. The second-order valence-electron chi connectivity index (χ2n) is 5.95. The van der Waals surface area contributed by atoms with Crippen molar-refractivity contribution in [1.29, 1.82) is 0 Å². The number of aromatic nitrogens is 1. The summed E-state index contributed by atoms with van der Waals surface area (Å²) in [6, 6.07) is 8.48. The summed E-state index contributed by atoms with van der Waals surface area (Å²) in [5, 5.41) is 2.57. The molecular weight excluding hydrogens is 310 g/mol. The Kier molecular flexibility index (Phi) is 5.30. The van der Waals surface area contributed by atoms with Crippen molar-refractivity contribution in [3.63, 3.8) is 0 Å². The van der Waals surface area contributed by atoms with Gasteiger partial charge in [-0.2, -0.15) is 0 Å². The van der Waals surface area contributed by atoms with Crippen molar-refractivity contribution in [3.05, 3.63) is 65.2 Å². The molecule has 0 radical (unpaired) electrons. The van der Waals surface area contributed by atoms with Crippen molar-refractivity contribution in [2.24, 2.45) is 0 Å². The average molecular weight is 328 g/mol. The Morgan fingerprint density at radius 2 is 1.92 bits per heavy atom. The van der Waals surface area contributed by atoms with E-state index in [-0.39, 0.29) is 11.5 Å². The summed E-state index contributed by atoms with van der Waals surface area (Å²) in [6.45, 7) is 4.39. The molecule has 5 heteroatoms. The third-order valence-corrected chi connectivity index (χ3v) is 3.55. The zero-order valence-electron chi connectivity index (χ0n) is 13.7. The molecule has 2 aromatic rings. The molecule has 124 valence electrons. The summed E-state index contributed by atoms with van der Waals surface area (Å²) in [4.78, 5) is 16.0. The van der Waals surface area contributed by atoms with Gasteiger partial charge in [0.15, 0.2) is 0 Å². The maximum absolute atomic E-state index is 13.7. The van der Waals surface area contributed by atoms with Crippen LogP contribution >= 0.6 is 0 Å². The van der Waals surface area contributed by atoms with Crippen LogP contribution in [-0.2, 0) is 0 Å². The van der Waals surface area contributed by atoms with Crippen LogP contribution in [0.4, 0.5) is 8.78 Å². The monoisotopic (exact) mass is 328 g/mol. The van der Waals surface area contributed by atoms with Crippen LogP contribution in [0.2, 0.25) is 0 Å². The summed E-state index contributed by atoms with van der Waals surface area (Å²) in [5.74, 6) is 4.87. The van der Waals surface area contributed by atoms with Gasteiger partial charge in [-0.05, 0) is 51.1 Å². The number of pyridine rings is 1. The fraction of sp³-hybridized carbons (Fsp3) is 0.263. The molecule has 2 rings (SSSR count). The minimum absolute atomic E-state index is 0.183. The Morgan fingerprint density at radius 3 is 2.50 bits per heavy atom. The molecule has 0 saturated heterocycles. The van der Waals surface area contributed by atoms with Crippen LogP contribution in [0.1, 0.15) is 42.4 Å². The molecule has 0 aliphatic rings. The smallest absolute Gasteiger partial charge is 0.270 e. The number of halogens is 2. The fourth-order valence-electron chi connectivity index (χ4n) is 1.75. The molecule has 1 N–H and O–H groups in total. The van der Waals surface area contributed by atoms with Crippen LogP contribution in [0.5, 0.6) is 0 Å². The van der Waals surface area contributed by atoms with E-state index in [1.807, 2.05) is 0 Å². The van der Waals surface area contributed by atoms with Crippen molar-refractivity contribution < 1.29 is 13.6 Å². The number of carbonyl (C=O) groups is 1. The van der Waals surface area contributed by atoms with Crippen LogP contribution in [0.3, 0.4) is 0 Å². The molecule has 0 bridgehead atoms. The lowest BCUT2D eigenvalue weighted by molar-refractivity contribution is 0.0858. The maximum atomic E-state index is 13.7. The number of nitrogens with one attached hydrogen (secondary N) is 1. The number of rotatable bonds is 3. The number of alkyl halides is 1. The highest BCUT2D eigenvalue weighted by Gasteiger charge is 2.26. The van der Waals surface area contributed by atoms with Crippen LogP contribution in [0, 0.1) is 17.7 Å². The highest BCUT2D eigenvalue weighted by atomic mass is 19.1. The maximum Gasteiger partial charge on any atom is 0.270 e. The Bertz CT molecular complexity index is 783. The minimum atomic E-state index is -1.52. The lowest BCUT2D eigenvalue weighted by Gasteiger charge is -2.23. The van der Waals surface area contributed by atoms with Gasteiger partial charge in [-0.15, -0.1) is 0 Å². The van der Waals surface area contributed by atoms with Gasteiger partial charge in [0.2, 0.25) is 0 Å². The van der Waals surface area contributed by atoms with E-state index in [1.165, 1.54) is 38.2 Å². The molecule has 1 amide bonds. The molecule has 24 heavy (non-hydrogen) atoms. The fourth-order valence-corrected chi connectivity index (χ4v) is 1.75. The molecular formula is C19H18F2N2O. The summed E-state index contributed by atoms with van der Waals surface area (Å²) in [6.07, 6.45) is 1.45. The normalized spacial score (nSPS) is 12.0. The molecule has 0 spiro atoms. The van der Waals surface area contributed by atoms with Gasteiger partial charge in [-0.25, -0.2) is 13.8 Å². The average Bonchev–Trinajstić information content (AvgIpc) is 2.52. The number of benzene rings is 1. The zero-order valence-corrected chi connectivity index (χ0v) is 13.7. The Labute approximate surface area is 140 Å². The van der Waals surface area contributed by atoms with Crippen molar-refractivity contribution >= 4 is 5.91 Å². The van der Waals surface area contributed by atoms with E-state index in [0.717, 1.165) is 0 Å². The first kappa shape index (κ1) is 17.6. The molecule has 0 aliphatic carbocycles. The van der Waals surface area contributed by atoms with Crippen molar-refractivity contribution in [3.8, 4) is 11.8 Å². The summed E-state index contributed by atoms with van der Waals surface area (Å²) >= 11 is 0. The van der Waals surface area contributed by atoms with Gasteiger partial charge in [0, 0.05) is 17.3 Å². The Balaban J connectivity index is 2.07. The van der Waals surface area contributed by atoms with E-state index in [0.29, 0.717) is 11.1 Å². The molecule has 1 aromatic heterocycles. The van der Waals surface area contributed by atoms with Crippen LogP contribution < -0.4 is 5.32 Å². The zero-order chi connectivity index (χ0) is 17.7. The largest absolute Gasteiger partial charge is 0.345 e. The lowest BCUT2D eigenvalue weighted by atomic mass is 10.0. The summed E-state index contributed by atoms with van der Waals surface area (Å²) in [5.41, 5.74) is -0.195. The highest BCUT2D eigenvalue weighted by Crippen LogP contribution is 2.14. The summed E-state index contributed by atoms with van der Waals surface area (Å²) < 4.78 is 26.8. The topological polar surface area (TPSA) is 42.0 Å². The van der Waals surface area contributed by atoms with E-state index < -0.39 is 17.6 Å². The van der Waals surface area contributed by atoms with Crippen LogP contribution in [0.15, 0.2) is 42.6 Å². The third-order valence-electron chi connectivity index (χ3n) is 3.55.